The van der Waals surface area contributed by atoms with Crippen molar-refractivity contribution in [3.05, 3.63) is 101 Å². The van der Waals surface area contributed by atoms with Crippen molar-refractivity contribution in [3.8, 4) is 11.3 Å². The summed E-state index contributed by atoms with van der Waals surface area (Å²) in [6.07, 6.45) is 2.22. The Morgan fingerprint density at radius 1 is 0.978 bits per heavy atom. The highest BCUT2D eigenvalue weighted by molar-refractivity contribution is 5.98. The fourth-order valence-corrected chi connectivity index (χ4v) is 4.86. The summed E-state index contributed by atoms with van der Waals surface area (Å²) < 4.78 is 11.6. The molecule has 2 N–H and O–H groups in total. The lowest BCUT2D eigenvalue weighted by Crippen LogP contribution is -2.46. The van der Waals surface area contributed by atoms with Gasteiger partial charge in [0.15, 0.2) is 0 Å². The normalized spacial score (nSPS) is 12.1. The van der Waals surface area contributed by atoms with Gasteiger partial charge in [-0.2, -0.15) is 0 Å². The lowest BCUT2D eigenvalue weighted by atomic mass is 9.85. The van der Waals surface area contributed by atoms with Gasteiger partial charge in [-0.3, -0.25) is 29.3 Å². The van der Waals surface area contributed by atoms with E-state index < -0.39 is 41.3 Å². The molecule has 5 aromatic rings. The van der Waals surface area contributed by atoms with Gasteiger partial charge in [-0.05, 0) is 43.0 Å². The van der Waals surface area contributed by atoms with Gasteiger partial charge in [-0.25, -0.2) is 9.78 Å². The lowest BCUT2D eigenvalue weighted by molar-refractivity contribution is -0.122. The van der Waals surface area contributed by atoms with Crippen LogP contribution in [0.5, 0.6) is 0 Å². The van der Waals surface area contributed by atoms with Gasteiger partial charge in [-0.15, -0.1) is 10.2 Å². The Morgan fingerprint density at radius 2 is 1.70 bits per heavy atom. The van der Waals surface area contributed by atoms with Crippen molar-refractivity contribution in [2.75, 3.05) is 12.4 Å². The van der Waals surface area contributed by atoms with Gasteiger partial charge in [0.2, 0.25) is 23.4 Å². The summed E-state index contributed by atoms with van der Waals surface area (Å²) in [5, 5.41) is 14.1. The summed E-state index contributed by atoms with van der Waals surface area (Å²) in [4.78, 5) is 60.8. The first-order chi connectivity index (χ1) is 22.0. The number of hydrogen-bond acceptors (Lipinski definition) is 10. The molecule has 46 heavy (non-hydrogen) atoms. The maximum absolute atomic E-state index is 13.6. The number of benzene rings is 2. The van der Waals surface area contributed by atoms with Crippen LogP contribution in [0.4, 0.5) is 10.6 Å². The number of amides is 2. The predicted molar refractivity (Wildman–Crippen MR) is 169 cm³/mol. The molecule has 0 aliphatic rings. The van der Waals surface area contributed by atoms with Crippen molar-refractivity contribution in [2.45, 2.75) is 45.7 Å². The predicted octanol–water partition coefficient (Wildman–Crippen LogP) is 4.37. The van der Waals surface area contributed by atoms with Crippen LogP contribution >= 0.6 is 0 Å². The van der Waals surface area contributed by atoms with Gasteiger partial charge in [0.25, 0.3) is 11.4 Å². The topological polar surface area (TPSA) is 171 Å². The minimum absolute atomic E-state index is 0.211. The number of ether oxygens (including phenoxy) is 1. The van der Waals surface area contributed by atoms with Crippen LogP contribution in [-0.4, -0.2) is 55.7 Å². The quantitative estimate of drug-likeness (QED) is 0.213. The Hall–Kier alpha value is -5.72. The number of rotatable bonds is 10. The summed E-state index contributed by atoms with van der Waals surface area (Å²) in [6, 6.07) is 17.5. The highest BCUT2D eigenvalue weighted by Gasteiger charge is 2.34. The number of hydrogen-bond donors (Lipinski definition) is 2. The number of methoxy groups -OCH3 is 1. The van der Waals surface area contributed by atoms with E-state index >= 15 is 0 Å². The van der Waals surface area contributed by atoms with Crippen LogP contribution in [-0.2, 0) is 21.5 Å². The fourth-order valence-electron chi connectivity index (χ4n) is 4.86. The van der Waals surface area contributed by atoms with E-state index in [-0.39, 0.29) is 23.5 Å². The molecule has 0 fully saturated rings. The first-order valence-electron chi connectivity index (χ1n) is 14.5. The number of carbonyl (C=O) groups excluding carboxylic acids is 3. The van der Waals surface area contributed by atoms with Gasteiger partial charge < -0.3 is 14.5 Å². The maximum atomic E-state index is 13.6. The van der Waals surface area contributed by atoms with E-state index in [0.717, 1.165) is 28.1 Å². The molecule has 2 amide bonds. The van der Waals surface area contributed by atoms with E-state index in [0.29, 0.717) is 11.3 Å². The van der Waals surface area contributed by atoms with Crippen LogP contribution in [0, 0.1) is 5.92 Å². The van der Waals surface area contributed by atoms with Crippen molar-refractivity contribution >= 4 is 34.5 Å². The highest BCUT2D eigenvalue weighted by Crippen LogP contribution is 2.32. The first-order valence-corrected chi connectivity index (χ1v) is 14.5. The van der Waals surface area contributed by atoms with Crippen molar-refractivity contribution in [3.63, 3.8) is 0 Å². The lowest BCUT2D eigenvalue weighted by Gasteiger charge is -2.22. The molecule has 0 unspecified atom stereocenters. The number of nitrogens with one attached hydrogen (secondary N) is 2. The Balaban J connectivity index is 1.39. The largest absolute Gasteiger partial charge is 0.453 e. The van der Waals surface area contributed by atoms with Crippen molar-refractivity contribution in [1.82, 2.24) is 30.0 Å². The molecule has 0 saturated carbocycles. The summed E-state index contributed by atoms with van der Waals surface area (Å²) in [5.74, 6) is -1.95. The van der Waals surface area contributed by atoms with E-state index in [2.05, 4.69) is 35.5 Å². The van der Waals surface area contributed by atoms with Crippen LogP contribution < -0.4 is 16.2 Å². The Labute approximate surface area is 264 Å². The third-order valence-electron chi connectivity index (χ3n) is 7.58. The molecule has 5 rings (SSSR count). The molecule has 1 atom stereocenters. The van der Waals surface area contributed by atoms with Gasteiger partial charge in [0, 0.05) is 11.6 Å². The smallest absolute Gasteiger partial charge is 0.412 e. The average Bonchev–Trinajstić information content (AvgIpc) is 3.57. The molecule has 0 aliphatic heterocycles. The van der Waals surface area contributed by atoms with E-state index in [1.807, 2.05) is 44.2 Å². The molecule has 13 heteroatoms. The zero-order chi connectivity index (χ0) is 33.0. The van der Waals surface area contributed by atoms with Crippen LogP contribution in [0.2, 0.25) is 0 Å². The number of nitrogens with zero attached hydrogens (tertiary/aromatic N) is 5. The van der Waals surface area contributed by atoms with Crippen molar-refractivity contribution < 1.29 is 23.5 Å². The van der Waals surface area contributed by atoms with Crippen LogP contribution in [0.25, 0.3) is 22.2 Å². The highest BCUT2D eigenvalue weighted by atomic mass is 16.5. The number of carbonyl (C=O) groups is 3. The third-order valence-corrected chi connectivity index (χ3v) is 7.58. The zero-order valence-electron chi connectivity index (χ0n) is 26.0. The second kappa shape index (κ2) is 13.1. The number of ketones is 1. The van der Waals surface area contributed by atoms with Crippen LogP contribution in [0.15, 0.2) is 82.3 Å². The fraction of sp³-hybridized carbons (Fsp3) is 0.273. The molecule has 0 bridgehead atoms. The monoisotopic (exact) mass is 623 g/mol. The molecule has 3 aromatic heterocycles. The summed E-state index contributed by atoms with van der Waals surface area (Å²) in [5.41, 5.74) is 1.10. The van der Waals surface area contributed by atoms with Crippen LogP contribution in [0.3, 0.4) is 0 Å². The summed E-state index contributed by atoms with van der Waals surface area (Å²) >= 11 is 0. The van der Waals surface area contributed by atoms with Gasteiger partial charge >= 0.3 is 6.09 Å². The summed E-state index contributed by atoms with van der Waals surface area (Å²) in [7, 11) is 1.15. The van der Waals surface area contributed by atoms with Crippen LogP contribution in [0.1, 0.15) is 49.8 Å². The molecule has 0 spiro atoms. The molecular formula is C33H33N7O6. The molecule has 2 aromatic carbocycles. The van der Waals surface area contributed by atoms with Crippen molar-refractivity contribution in [1.29, 1.82) is 0 Å². The van der Waals surface area contributed by atoms with Gasteiger partial charge in [0.05, 0.1) is 36.0 Å². The molecule has 3 heterocycles. The van der Waals surface area contributed by atoms with E-state index in [9.17, 15) is 19.2 Å². The third kappa shape index (κ3) is 6.53. The molecular weight excluding hydrogens is 590 g/mol. The SMILES string of the molecule is COC(=O)Nc1ncc(-c2ccccc2)n(CC(=O)N[C@@H](C(=O)c2nnc(C(C)(C)c3cnc4ccccc4c3)o2)C(C)C)c1=O. The van der Waals surface area contributed by atoms with E-state index in [1.54, 1.807) is 50.4 Å². The maximum Gasteiger partial charge on any atom is 0.412 e. The Kier molecular flexibility index (Phi) is 9.03. The molecule has 0 aliphatic carbocycles. The number of para-hydroxylation sites is 1. The summed E-state index contributed by atoms with van der Waals surface area (Å²) in [6.45, 7) is 6.83. The zero-order valence-corrected chi connectivity index (χ0v) is 26.0. The van der Waals surface area contributed by atoms with Gasteiger partial charge in [-0.1, -0.05) is 62.4 Å². The molecule has 0 saturated heterocycles. The van der Waals surface area contributed by atoms with E-state index in [1.165, 1.54) is 6.20 Å². The number of Topliss-reactive ketones (excluding diaryl/α,β-unsaturated/α-hetero) is 1. The Morgan fingerprint density at radius 3 is 2.41 bits per heavy atom. The molecule has 0 radical (unpaired) electrons. The number of fused-ring (bicyclic) bond motifs is 1. The number of aromatic nitrogens is 5. The minimum atomic E-state index is -1.04. The number of pyridine rings is 1. The average molecular weight is 624 g/mol. The second-order valence-electron chi connectivity index (χ2n) is 11.5. The number of anilines is 1. The van der Waals surface area contributed by atoms with E-state index in [4.69, 9.17) is 4.42 Å². The Bertz CT molecular complexity index is 1970. The standard InChI is InChI=1S/C33H33N7O6/c1-19(2)26(27(42)29-38-39-31(46-29)33(3,4)22-15-21-13-9-10-14-23(21)34-16-22)36-25(41)18-40-24(20-11-7-6-8-12-20)17-35-28(30(40)43)37-32(44)45-5/h6-17,19,26H,18H2,1-5H3,(H,36,41)(H,35,37,44)/t26-/m1/s1. The minimum Gasteiger partial charge on any atom is -0.453 e. The first kappa shape index (κ1) is 31.7. The molecule has 236 valence electrons. The van der Waals surface area contributed by atoms with Gasteiger partial charge in [0.1, 0.15) is 6.54 Å². The second-order valence-corrected chi connectivity index (χ2v) is 11.5. The molecule has 13 nitrogen and oxygen atoms in total. The van der Waals surface area contributed by atoms with Crippen molar-refractivity contribution in [2.24, 2.45) is 5.92 Å².